The van der Waals surface area contributed by atoms with Crippen LogP contribution in [0.3, 0.4) is 0 Å². The molecular formula is C19H28N2. The lowest BCUT2D eigenvalue weighted by molar-refractivity contribution is 0.0629. The minimum atomic E-state index is 0.0340. The molecule has 2 nitrogen and oxygen atoms in total. The van der Waals surface area contributed by atoms with Crippen LogP contribution < -0.4 is 5.32 Å². The van der Waals surface area contributed by atoms with Gasteiger partial charge in [-0.3, -0.25) is 4.90 Å². The van der Waals surface area contributed by atoms with Crippen LogP contribution in [0.4, 0.5) is 0 Å². The number of hydrogen-bond donors (Lipinski definition) is 1. The van der Waals surface area contributed by atoms with E-state index in [1.165, 1.54) is 5.56 Å². The van der Waals surface area contributed by atoms with Gasteiger partial charge in [0.2, 0.25) is 0 Å². The van der Waals surface area contributed by atoms with Crippen LogP contribution in [0.15, 0.2) is 30.3 Å². The van der Waals surface area contributed by atoms with Crippen LogP contribution in [0.1, 0.15) is 39.7 Å². The number of nitrogens with zero attached hydrogens (tertiary/aromatic N) is 1. The summed E-state index contributed by atoms with van der Waals surface area (Å²) < 4.78 is 0. The Balaban J connectivity index is 2.15. The van der Waals surface area contributed by atoms with E-state index in [1.54, 1.807) is 0 Å². The highest BCUT2D eigenvalue weighted by atomic mass is 15.3. The van der Waals surface area contributed by atoms with E-state index < -0.39 is 0 Å². The molecule has 21 heavy (non-hydrogen) atoms. The maximum Gasteiger partial charge on any atom is 0.0535 e. The molecule has 1 aliphatic rings. The second-order valence-electron chi connectivity index (χ2n) is 6.54. The molecular weight excluding hydrogens is 256 g/mol. The van der Waals surface area contributed by atoms with Gasteiger partial charge in [-0.2, -0.15) is 0 Å². The van der Waals surface area contributed by atoms with Gasteiger partial charge < -0.3 is 5.32 Å². The first-order valence-electron chi connectivity index (χ1n) is 8.01. The molecule has 1 fully saturated rings. The van der Waals surface area contributed by atoms with Gasteiger partial charge in [-0.05, 0) is 25.3 Å². The second-order valence-corrected chi connectivity index (χ2v) is 6.54. The van der Waals surface area contributed by atoms with Crippen molar-refractivity contribution in [3.8, 4) is 11.8 Å². The Bertz CT molecular complexity index is 497. The van der Waals surface area contributed by atoms with E-state index in [9.17, 15) is 0 Å². The van der Waals surface area contributed by atoms with Gasteiger partial charge in [0.15, 0.2) is 0 Å². The Kier molecular flexibility index (Phi) is 5.45. The van der Waals surface area contributed by atoms with Crippen molar-refractivity contribution in [2.24, 2.45) is 5.92 Å². The van der Waals surface area contributed by atoms with Crippen LogP contribution in [0, 0.1) is 17.8 Å². The van der Waals surface area contributed by atoms with Crippen molar-refractivity contribution in [2.45, 2.75) is 45.7 Å². The average Bonchev–Trinajstić information content (AvgIpc) is 2.48. The molecule has 0 aliphatic carbocycles. The van der Waals surface area contributed by atoms with Gasteiger partial charge in [0.05, 0.1) is 5.54 Å². The SMILES string of the molecule is CC#CCCN1CC(C)(c2ccccc2)NCC1C(C)C. The smallest absolute Gasteiger partial charge is 0.0535 e. The molecule has 114 valence electrons. The van der Waals surface area contributed by atoms with Gasteiger partial charge in [-0.15, -0.1) is 11.8 Å². The molecule has 1 aliphatic heterocycles. The summed E-state index contributed by atoms with van der Waals surface area (Å²) in [5.41, 5.74) is 1.41. The Morgan fingerprint density at radius 2 is 2.05 bits per heavy atom. The first-order chi connectivity index (χ1) is 10.1. The largest absolute Gasteiger partial charge is 0.305 e. The van der Waals surface area contributed by atoms with Crippen molar-refractivity contribution in [1.29, 1.82) is 0 Å². The van der Waals surface area contributed by atoms with E-state index in [4.69, 9.17) is 0 Å². The minimum absolute atomic E-state index is 0.0340. The third kappa shape index (κ3) is 3.87. The number of piperazine rings is 1. The van der Waals surface area contributed by atoms with Crippen LogP contribution in [-0.2, 0) is 5.54 Å². The van der Waals surface area contributed by atoms with Gasteiger partial charge in [-0.25, -0.2) is 0 Å². The van der Waals surface area contributed by atoms with Gasteiger partial charge >= 0.3 is 0 Å². The predicted molar refractivity (Wildman–Crippen MR) is 90.1 cm³/mol. The lowest BCUT2D eigenvalue weighted by Gasteiger charge is -2.48. The highest BCUT2D eigenvalue weighted by Crippen LogP contribution is 2.28. The molecule has 0 saturated carbocycles. The number of hydrogen-bond acceptors (Lipinski definition) is 2. The van der Waals surface area contributed by atoms with Crippen molar-refractivity contribution in [3.63, 3.8) is 0 Å². The summed E-state index contributed by atoms with van der Waals surface area (Å²) in [5, 5.41) is 3.79. The molecule has 1 saturated heterocycles. The highest BCUT2D eigenvalue weighted by molar-refractivity contribution is 5.25. The van der Waals surface area contributed by atoms with Crippen LogP contribution >= 0.6 is 0 Å². The lowest BCUT2D eigenvalue weighted by atomic mass is 9.86. The molecule has 0 bridgehead atoms. The highest BCUT2D eigenvalue weighted by Gasteiger charge is 2.37. The molecule has 2 atom stereocenters. The number of nitrogens with one attached hydrogen (secondary N) is 1. The second kappa shape index (κ2) is 7.11. The molecule has 1 aromatic carbocycles. The van der Waals surface area contributed by atoms with E-state index in [0.29, 0.717) is 12.0 Å². The fourth-order valence-corrected chi connectivity index (χ4v) is 3.26. The van der Waals surface area contributed by atoms with Gasteiger partial charge in [0, 0.05) is 32.1 Å². The standard InChI is InChI=1S/C19H28N2/c1-5-6-10-13-21-15-19(4,17-11-8-7-9-12-17)20-14-18(21)16(2)3/h7-9,11-12,16,18,20H,10,13-15H2,1-4H3. The van der Waals surface area contributed by atoms with Crippen LogP contribution in [-0.4, -0.2) is 30.6 Å². The molecule has 0 spiro atoms. The Labute approximate surface area is 129 Å². The van der Waals surface area contributed by atoms with Crippen LogP contribution in [0.2, 0.25) is 0 Å². The fourth-order valence-electron chi connectivity index (χ4n) is 3.26. The van der Waals surface area contributed by atoms with Crippen molar-refractivity contribution < 1.29 is 0 Å². The fraction of sp³-hybridized carbons (Fsp3) is 0.579. The summed E-state index contributed by atoms with van der Waals surface area (Å²) in [7, 11) is 0. The molecule has 1 aromatic rings. The van der Waals surface area contributed by atoms with Gasteiger partial charge in [-0.1, -0.05) is 44.2 Å². The minimum Gasteiger partial charge on any atom is -0.305 e. The van der Waals surface area contributed by atoms with Crippen LogP contribution in [0.5, 0.6) is 0 Å². The zero-order valence-corrected chi connectivity index (χ0v) is 13.8. The zero-order chi connectivity index (χ0) is 15.3. The molecule has 0 radical (unpaired) electrons. The summed E-state index contributed by atoms with van der Waals surface area (Å²) in [4.78, 5) is 2.62. The maximum absolute atomic E-state index is 3.79. The number of rotatable bonds is 4. The van der Waals surface area contributed by atoms with Crippen LogP contribution in [0.25, 0.3) is 0 Å². The Morgan fingerprint density at radius 1 is 1.33 bits per heavy atom. The molecule has 2 rings (SSSR count). The van der Waals surface area contributed by atoms with E-state index in [2.05, 4.69) is 73.2 Å². The van der Waals surface area contributed by atoms with E-state index in [0.717, 1.165) is 26.1 Å². The Hall–Kier alpha value is -1.30. The lowest BCUT2D eigenvalue weighted by Crippen LogP contribution is -2.62. The van der Waals surface area contributed by atoms with Gasteiger partial charge in [0.25, 0.3) is 0 Å². The van der Waals surface area contributed by atoms with Crippen molar-refractivity contribution in [2.75, 3.05) is 19.6 Å². The van der Waals surface area contributed by atoms with Crippen molar-refractivity contribution in [1.82, 2.24) is 10.2 Å². The maximum atomic E-state index is 3.79. The van der Waals surface area contributed by atoms with E-state index >= 15 is 0 Å². The normalized spacial score (nSPS) is 26.4. The summed E-state index contributed by atoms with van der Waals surface area (Å²) in [5.74, 6) is 6.88. The molecule has 1 heterocycles. The van der Waals surface area contributed by atoms with E-state index in [1.807, 2.05) is 6.92 Å². The zero-order valence-electron chi connectivity index (χ0n) is 13.8. The topological polar surface area (TPSA) is 15.3 Å². The average molecular weight is 284 g/mol. The first-order valence-corrected chi connectivity index (χ1v) is 8.01. The monoisotopic (exact) mass is 284 g/mol. The van der Waals surface area contributed by atoms with Gasteiger partial charge in [0.1, 0.15) is 0 Å². The summed E-state index contributed by atoms with van der Waals surface area (Å²) >= 11 is 0. The summed E-state index contributed by atoms with van der Waals surface area (Å²) in [6.07, 6.45) is 0.963. The van der Waals surface area contributed by atoms with E-state index in [-0.39, 0.29) is 5.54 Å². The quantitative estimate of drug-likeness (QED) is 0.854. The molecule has 1 N–H and O–H groups in total. The molecule has 0 amide bonds. The van der Waals surface area contributed by atoms with Crippen molar-refractivity contribution >= 4 is 0 Å². The Morgan fingerprint density at radius 3 is 2.67 bits per heavy atom. The third-order valence-corrected chi connectivity index (χ3v) is 4.57. The summed E-state index contributed by atoms with van der Waals surface area (Å²) in [6.45, 7) is 12.0. The first kappa shape index (κ1) is 16.1. The molecule has 2 unspecified atom stereocenters. The predicted octanol–water partition coefficient (Wildman–Crippen LogP) is 3.25. The van der Waals surface area contributed by atoms with Crippen molar-refractivity contribution in [3.05, 3.63) is 35.9 Å². The number of benzene rings is 1. The summed E-state index contributed by atoms with van der Waals surface area (Å²) in [6, 6.07) is 11.4. The third-order valence-electron chi connectivity index (χ3n) is 4.57. The molecule has 0 aromatic heterocycles. The molecule has 2 heteroatoms.